The number of carbonyl (C=O) groups excluding carboxylic acids is 2. The molecule has 0 spiro atoms. The minimum atomic E-state index is -0.00143. The fourth-order valence-electron chi connectivity index (χ4n) is 3.53. The normalized spacial score (nSPS) is 21.2. The Balaban J connectivity index is 1.52. The molecule has 4 rings (SSSR count). The molecule has 0 aliphatic carbocycles. The van der Waals surface area contributed by atoms with Crippen LogP contribution in [-0.4, -0.2) is 58.5 Å². The maximum absolute atomic E-state index is 13.0. The molecule has 3 amide bonds. The van der Waals surface area contributed by atoms with Crippen molar-refractivity contribution < 1.29 is 9.59 Å². The van der Waals surface area contributed by atoms with Gasteiger partial charge in [0, 0.05) is 38.6 Å². The van der Waals surface area contributed by atoms with Crippen molar-refractivity contribution in [3.63, 3.8) is 0 Å². The van der Waals surface area contributed by atoms with E-state index in [-0.39, 0.29) is 18.0 Å². The molecule has 126 valence electrons. The molecule has 0 aromatic carbocycles. The first-order chi connectivity index (χ1) is 11.7. The van der Waals surface area contributed by atoms with E-state index >= 15 is 0 Å². The largest absolute Gasteiger partial charge is 0.336 e. The van der Waals surface area contributed by atoms with Crippen molar-refractivity contribution in [3.05, 3.63) is 40.8 Å². The van der Waals surface area contributed by atoms with Crippen molar-refractivity contribution in [1.82, 2.24) is 19.7 Å². The van der Waals surface area contributed by atoms with E-state index in [2.05, 4.69) is 5.32 Å². The van der Waals surface area contributed by atoms with Crippen molar-refractivity contribution in [2.24, 2.45) is 0 Å². The minimum Gasteiger partial charge on any atom is -0.336 e. The molecule has 2 aliphatic heterocycles. The van der Waals surface area contributed by atoms with E-state index in [4.69, 9.17) is 0 Å². The first-order valence-electron chi connectivity index (χ1n) is 8.28. The Morgan fingerprint density at radius 2 is 2.08 bits per heavy atom. The highest BCUT2D eigenvalue weighted by atomic mass is 32.1. The Morgan fingerprint density at radius 1 is 1.25 bits per heavy atom. The third kappa shape index (κ3) is 2.69. The van der Waals surface area contributed by atoms with Gasteiger partial charge in [0.15, 0.2) is 0 Å². The SMILES string of the molecule is O=C(c1sccc1-n1cccc1)N1CCC[C@H](N2CCNC2=O)C1. The maximum Gasteiger partial charge on any atom is 0.317 e. The Labute approximate surface area is 144 Å². The van der Waals surface area contributed by atoms with Crippen LogP contribution in [0.1, 0.15) is 22.5 Å². The number of rotatable bonds is 3. The number of nitrogens with one attached hydrogen (secondary N) is 1. The van der Waals surface area contributed by atoms with Gasteiger partial charge >= 0.3 is 6.03 Å². The van der Waals surface area contributed by atoms with Crippen LogP contribution in [-0.2, 0) is 0 Å². The van der Waals surface area contributed by atoms with Gasteiger partial charge in [-0.3, -0.25) is 4.79 Å². The predicted octanol–water partition coefficient (Wildman–Crippen LogP) is 2.17. The molecule has 4 heterocycles. The molecule has 7 heteroatoms. The van der Waals surface area contributed by atoms with Crippen LogP contribution in [0, 0.1) is 0 Å². The van der Waals surface area contributed by atoms with Gasteiger partial charge in [0.1, 0.15) is 4.88 Å². The topological polar surface area (TPSA) is 57.6 Å². The summed E-state index contributed by atoms with van der Waals surface area (Å²) in [4.78, 5) is 29.5. The number of thiophene rings is 1. The lowest BCUT2D eigenvalue weighted by Crippen LogP contribution is -2.50. The van der Waals surface area contributed by atoms with Crippen LogP contribution in [0.15, 0.2) is 36.0 Å². The molecular weight excluding hydrogens is 324 g/mol. The van der Waals surface area contributed by atoms with Crippen LogP contribution in [0.5, 0.6) is 0 Å². The monoisotopic (exact) mass is 344 g/mol. The van der Waals surface area contributed by atoms with E-state index in [1.165, 1.54) is 11.3 Å². The van der Waals surface area contributed by atoms with Gasteiger partial charge in [0.25, 0.3) is 5.91 Å². The van der Waals surface area contributed by atoms with Gasteiger partial charge in [-0.25, -0.2) is 4.79 Å². The maximum atomic E-state index is 13.0. The number of nitrogens with zero attached hydrogens (tertiary/aromatic N) is 3. The average molecular weight is 344 g/mol. The summed E-state index contributed by atoms with van der Waals surface area (Å²) in [7, 11) is 0. The Bertz CT molecular complexity index is 740. The first-order valence-corrected chi connectivity index (χ1v) is 9.16. The van der Waals surface area contributed by atoms with Crippen molar-refractivity contribution in [2.45, 2.75) is 18.9 Å². The van der Waals surface area contributed by atoms with Gasteiger partial charge < -0.3 is 19.7 Å². The molecule has 24 heavy (non-hydrogen) atoms. The molecule has 2 saturated heterocycles. The highest BCUT2D eigenvalue weighted by molar-refractivity contribution is 7.12. The standard InChI is InChI=1S/C17H20N4O2S/c22-16(15-14(5-11-24-15)19-7-1-2-8-19)20-9-3-4-13(12-20)21-10-6-18-17(21)23/h1-2,5,7-8,11,13H,3-4,6,9-10,12H2,(H,18,23)/t13-/m0/s1. The summed E-state index contributed by atoms with van der Waals surface area (Å²) >= 11 is 1.48. The smallest absolute Gasteiger partial charge is 0.317 e. The molecule has 0 saturated carbocycles. The van der Waals surface area contributed by atoms with Gasteiger partial charge in [0.2, 0.25) is 0 Å². The summed E-state index contributed by atoms with van der Waals surface area (Å²) in [6.45, 7) is 2.81. The molecule has 2 aromatic rings. The van der Waals surface area contributed by atoms with E-state index in [9.17, 15) is 9.59 Å². The lowest BCUT2D eigenvalue weighted by molar-refractivity contribution is 0.0639. The lowest BCUT2D eigenvalue weighted by Gasteiger charge is -2.37. The molecular formula is C17H20N4O2S. The number of piperidine rings is 1. The van der Waals surface area contributed by atoms with Crippen molar-refractivity contribution in [1.29, 1.82) is 0 Å². The predicted molar refractivity (Wildman–Crippen MR) is 92.7 cm³/mol. The molecule has 0 radical (unpaired) electrons. The third-order valence-corrected chi connectivity index (χ3v) is 5.63. The first kappa shape index (κ1) is 15.3. The van der Waals surface area contributed by atoms with Gasteiger partial charge in [-0.2, -0.15) is 0 Å². The van der Waals surface area contributed by atoms with Gasteiger partial charge in [0.05, 0.1) is 11.7 Å². The number of carbonyl (C=O) groups is 2. The minimum absolute atomic E-state index is 0.00143. The van der Waals surface area contributed by atoms with E-state index in [0.717, 1.165) is 36.5 Å². The van der Waals surface area contributed by atoms with Crippen LogP contribution >= 0.6 is 11.3 Å². The van der Waals surface area contributed by atoms with Crippen molar-refractivity contribution in [3.8, 4) is 5.69 Å². The number of aromatic nitrogens is 1. The van der Waals surface area contributed by atoms with Gasteiger partial charge in [-0.05, 0) is 36.4 Å². The van der Waals surface area contributed by atoms with E-state index in [1.807, 2.05) is 50.3 Å². The lowest BCUT2D eigenvalue weighted by atomic mass is 10.0. The van der Waals surface area contributed by atoms with Gasteiger partial charge in [-0.1, -0.05) is 0 Å². The Kier molecular flexibility index (Phi) is 4.02. The molecule has 2 aromatic heterocycles. The summed E-state index contributed by atoms with van der Waals surface area (Å²) < 4.78 is 1.97. The van der Waals surface area contributed by atoms with Crippen LogP contribution in [0.4, 0.5) is 4.79 Å². The molecule has 0 bridgehead atoms. The van der Waals surface area contributed by atoms with Gasteiger partial charge in [-0.15, -0.1) is 11.3 Å². The van der Waals surface area contributed by atoms with Crippen molar-refractivity contribution in [2.75, 3.05) is 26.2 Å². The highest BCUT2D eigenvalue weighted by Gasteiger charge is 2.33. The van der Waals surface area contributed by atoms with Crippen LogP contribution in [0.25, 0.3) is 5.69 Å². The second-order valence-electron chi connectivity index (χ2n) is 6.20. The summed E-state index contributed by atoms with van der Waals surface area (Å²) in [6, 6.07) is 6.01. The van der Waals surface area contributed by atoms with Crippen LogP contribution < -0.4 is 5.32 Å². The second-order valence-corrected chi connectivity index (χ2v) is 7.11. The summed E-state index contributed by atoms with van der Waals surface area (Å²) in [6.07, 6.45) is 5.80. The van der Waals surface area contributed by atoms with E-state index in [0.29, 0.717) is 13.1 Å². The average Bonchev–Trinajstić information content (AvgIpc) is 3.34. The third-order valence-electron chi connectivity index (χ3n) is 4.74. The van der Waals surface area contributed by atoms with E-state index < -0.39 is 0 Å². The molecule has 1 atom stereocenters. The summed E-state index contributed by atoms with van der Waals surface area (Å²) in [5.41, 5.74) is 0.927. The number of likely N-dealkylation sites (tertiary alicyclic amines) is 1. The second kappa shape index (κ2) is 6.32. The molecule has 2 aliphatic rings. The zero-order chi connectivity index (χ0) is 16.5. The number of amides is 3. The van der Waals surface area contributed by atoms with Crippen LogP contribution in [0.3, 0.4) is 0 Å². The van der Waals surface area contributed by atoms with Crippen molar-refractivity contribution >= 4 is 23.3 Å². The number of hydrogen-bond donors (Lipinski definition) is 1. The molecule has 0 unspecified atom stereocenters. The number of urea groups is 1. The zero-order valence-electron chi connectivity index (χ0n) is 13.4. The number of hydrogen-bond acceptors (Lipinski definition) is 3. The Hall–Kier alpha value is -2.28. The molecule has 2 fully saturated rings. The van der Waals surface area contributed by atoms with Crippen LogP contribution in [0.2, 0.25) is 0 Å². The highest BCUT2D eigenvalue weighted by Crippen LogP contribution is 2.26. The fourth-order valence-corrected chi connectivity index (χ4v) is 4.39. The molecule has 1 N–H and O–H groups in total. The quantitative estimate of drug-likeness (QED) is 0.928. The fraction of sp³-hybridized carbons (Fsp3) is 0.412. The Morgan fingerprint density at radius 3 is 2.83 bits per heavy atom. The van der Waals surface area contributed by atoms with E-state index in [1.54, 1.807) is 0 Å². The summed E-state index contributed by atoms with van der Waals surface area (Å²) in [5.74, 6) is 0.0676. The zero-order valence-corrected chi connectivity index (χ0v) is 14.2. The molecule has 6 nitrogen and oxygen atoms in total. The summed E-state index contributed by atoms with van der Waals surface area (Å²) in [5, 5.41) is 4.80.